The van der Waals surface area contributed by atoms with E-state index in [1.165, 1.54) is 0 Å². The zero-order chi connectivity index (χ0) is 15.3. The van der Waals surface area contributed by atoms with E-state index in [4.69, 9.17) is 28.8 Å². The summed E-state index contributed by atoms with van der Waals surface area (Å²) in [5, 5.41) is 8.07. The smallest absolute Gasteiger partial charge is 0.0701 e. The van der Waals surface area contributed by atoms with Gasteiger partial charge in [0.1, 0.15) is 0 Å². The van der Waals surface area contributed by atoms with Gasteiger partial charge in [-0.15, -0.1) is 0 Å². The lowest BCUT2D eigenvalue weighted by Crippen LogP contribution is -2.12. The van der Waals surface area contributed by atoms with Gasteiger partial charge in [-0.2, -0.15) is 0 Å². The van der Waals surface area contributed by atoms with Crippen LogP contribution >= 0.6 is 0 Å². The summed E-state index contributed by atoms with van der Waals surface area (Å²) in [4.78, 5) is 0. The molecule has 0 rings (SSSR count). The summed E-state index contributed by atoms with van der Waals surface area (Å²) in [6, 6.07) is 0. The quantitative estimate of drug-likeness (QED) is 0.484. The maximum absolute atomic E-state index is 8.07. The Bertz CT molecular complexity index is 132. The molecule has 1 N–H and O–H groups in total. The van der Waals surface area contributed by atoms with Gasteiger partial charge >= 0.3 is 0 Å². The Hall–Kier alpha value is -0.240. The number of unbranched alkanes of at least 4 members (excludes halogenated alkanes) is 1. The van der Waals surface area contributed by atoms with E-state index in [1.807, 2.05) is 0 Å². The van der Waals surface area contributed by atoms with Crippen LogP contribution in [-0.4, -0.2) is 78.8 Å². The number of hydrogen-bond donors (Lipinski definition) is 1. The Morgan fingerprint density at radius 3 is 1.20 bits per heavy atom. The first-order valence-corrected chi connectivity index (χ1v) is 7.15. The van der Waals surface area contributed by atoms with E-state index in [9.17, 15) is 0 Å². The van der Waals surface area contributed by atoms with Crippen molar-refractivity contribution in [3.8, 4) is 0 Å². The van der Waals surface area contributed by atoms with Gasteiger partial charge in [-0.25, -0.2) is 0 Å². The maximum atomic E-state index is 8.07. The Balaban J connectivity index is 0. The van der Waals surface area contributed by atoms with Crippen molar-refractivity contribution >= 4 is 0 Å². The first-order chi connectivity index (χ1) is 9.83. The van der Waals surface area contributed by atoms with Crippen molar-refractivity contribution in [2.45, 2.75) is 19.8 Å². The molecule has 0 amide bonds. The highest BCUT2D eigenvalue weighted by molar-refractivity contribution is 4.34. The second kappa shape index (κ2) is 23.8. The lowest BCUT2D eigenvalue weighted by Gasteiger charge is -2.06. The fourth-order valence-corrected chi connectivity index (χ4v) is 0.985. The van der Waals surface area contributed by atoms with Gasteiger partial charge < -0.3 is 28.8 Å². The van der Waals surface area contributed by atoms with E-state index < -0.39 is 0 Å². The van der Waals surface area contributed by atoms with Gasteiger partial charge in [0, 0.05) is 20.8 Å². The minimum Gasteiger partial charge on any atom is -0.396 e. The summed E-state index contributed by atoms with van der Waals surface area (Å²) >= 11 is 0. The van der Waals surface area contributed by atoms with E-state index in [0.29, 0.717) is 59.5 Å². The summed E-state index contributed by atoms with van der Waals surface area (Å²) < 4.78 is 25.3. The van der Waals surface area contributed by atoms with Crippen LogP contribution in [0.4, 0.5) is 0 Å². The normalized spacial score (nSPS) is 10.2. The highest BCUT2D eigenvalue weighted by Crippen LogP contribution is 1.82. The zero-order valence-corrected chi connectivity index (χ0v) is 13.3. The van der Waals surface area contributed by atoms with E-state index in [0.717, 1.165) is 12.8 Å². The summed E-state index contributed by atoms with van der Waals surface area (Å²) in [6.07, 6.45) is 2.04. The van der Waals surface area contributed by atoms with E-state index in [1.54, 1.807) is 14.2 Å². The highest BCUT2D eigenvalue weighted by atomic mass is 16.6. The molecule has 0 aromatic rings. The molecule has 0 heterocycles. The number of aliphatic hydroxyl groups excluding tert-OH is 1. The minimum absolute atomic E-state index is 0.344. The largest absolute Gasteiger partial charge is 0.396 e. The Labute approximate surface area is 123 Å². The lowest BCUT2D eigenvalue weighted by atomic mass is 10.4. The molecular weight excluding hydrogens is 264 g/mol. The first kappa shape index (κ1) is 22.0. The predicted octanol–water partition coefficient (Wildman–Crippen LogP) is 1.11. The fraction of sp³-hybridized carbons (Fsp3) is 1.00. The van der Waals surface area contributed by atoms with Crippen LogP contribution in [0.3, 0.4) is 0 Å². The van der Waals surface area contributed by atoms with E-state index >= 15 is 0 Å². The fourth-order valence-electron chi connectivity index (χ4n) is 0.985. The molecule has 20 heavy (non-hydrogen) atoms. The topological polar surface area (TPSA) is 66.4 Å². The van der Waals surface area contributed by atoms with E-state index in [2.05, 4.69) is 6.92 Å². The summed E-state index contributed by atoms with van der Waals surface area (Å²) in [7, 11) is 3.30. The SMILES string of the molecule is CCCCO.COCCOCCOCCOCCOC. The van der Waals surface area contributed by atoms with Crippen LogP contribution in [0.25, 0.3) is 0 Å². The molecule has 0 aliphatic carbocycles. The molecule has 0 bridgehead atoms. The Kier molecular flexibility index (Phi) is 26.3. The molecule has 0 radical (unpaired) electrons. The first-order valence-electron chi connectivity index (χ1n) is 7.15. The molecule has 0 spiro atoms. The van der Waals surface area contributed by atoms with Crippen molar-refractivity contribution in [2.75, 3.05) is 73.7 Å². The molecule has 0 unspecified atom stereocenters. The van der Waals surface area contributed by atoms with Crippen LogP contribution in [-0.2, 0) is 23.7 Å². The Morgan fingerprint density at radius 2 is 1.00 bits per heavy atom. The summed E-state index contributed by atoms with van der Waals surface area (Å²) in [6.45, 7) is 7.26. The minimum atomic E-state index is 0.344. The molecule has 0 atom stereocenters. The van der Waals surface area contributed by atoms with Crippen LogP contribution in [0.1, 0.15) is 19.8 Å². The van der Waals surface area contributed by atoms with Crippen molar-refractivity contribution in [2.24, 2.45) is 0 Å². The van der Waals surface area contributed by atoms with Crippen LogP contribution in [0.5, 0.6) is 0 Å². The maximum Gasteiger partial charge on any atom is 0.0701 e. The zero-order valence-electron chi connectivity index (χ0n) is 13.3. The molecule has 0 aromatic heterocycles. The molecule has 6 nitrogen and oxygen atoms in total. The van der Waals surface area contributed by atoms with Crippen LogP contribution in [0.15, 0.2) is 0 Å². The summed E-state index contributed by atoms with van der Waals surface area (Å²) in [5.41, 5.74) is 0. The number of hydrogen-bond acceptors (Lipinski definition) is 6. The highest BCUT2D eigenvalue weighted by Gasteiger charge is 1.91. The third-order valence-electron chi connectivity index (χ3n) is 2.12. The van der Waals surface area contributed by atoms with Crippen molar-refractivity contribution in [3.63, 3.8) is 0 Å². The number of rotatable bonds is 14. The van der Waals surface area contributed by atoms with Crippen LogP contribution < -0.4 is 0 Å². The van der Waals surface area contributed by atoms with Gasteiger partial charge in [-0.1, -0.05) is 13.3 Å². The third kappa shape index (κ3) is 26.3. The molecule has 0 aliphatic heterocycles. The van der Waals surface area contributed by atoms with Gasteiger partial charge in [0.25, 0.3) is 0 Å². The van der Waals surface area contributed by atoms with Crippen molar-refractivity contribution in [3.05, 3.63) is 0 Å². The molecule has 0 aromatic carbocycles. The van der Waals surface area contributed by atoms with Crippen LogP contribution in [0.2, 0.25) is 0 Å². The Morgan fingerprint density at radius 1 is 0.650 bits per heavy atom. The van der Waals surface area contributed by atoms with Crippen molar-refractivity contribution in [1.82, 2.24) is 0 Å². The molecule has 124 valence electrons. The van der Waals surface area contributed by atoms with Gasteiger partial charge in [-0.05, 0) is 6.42 Å². The van der Waals surface area contributed by atoms with E-state index in [-0.39, 0.29) is 0 Å². The van der Waals surface area contributed by atoms with Crippen LogP contribution in [0, 0.1) is 0 Å². The predicted molar refractivity (Wildman–Crippen MR) is 78.2 cm³/mol. The van der Waals surface area contributed by atoms with Crippen molar-refractivity contribution < 1.29 is 28.8 Å². The molecule has 6 heteroatoms. The lowest BCUT2D eigenvalue weighted by molar-refractivity contribution is -0.00380. The monoisotopic (exact) mass is 296 g/mol. The molecule has 0 saturated carbocycles. The average Bonchev–Trinajstić information content (AvgIpc) is 2.46. The standard InChI is InChI=1S/C10H22O5.C4H10O/c1-11-3-5-13-7-9-15-10-8-14-6-4-12-2;1-2-3-4-5/h3-10H2,1-2H3;5H,2-4H2,1H3. The number of aliphatic hydroxyl groups is 1. The number of methoxy groups -OCH3 is 2. The van der Waals surface area contributed by atoms with Crippen molar-refractivity contribution in [1.29, 1.82) is 0 Å². The molecule has 0 aliphatic rings. The number of ether oxygens (including phenoxy) is 5. The average molecular weight is 296 g/mol. The second-order valence-electron chi connectivity index (χ2n) is 3.90. The molecule has 0 saturated heterocycles. The second-order valence-corrected chi connectivity index (χ2v) is 3.90. The van der Waals surface area contributed by atoms with Gasteiger partial charge in [0.05, 0.1) is 52.9 Å². The van der Waals surface area contributed by atoms with Gasteiger partial charge in [0.2, 0.25) is 0 Å². The van der Waals surface area contributed by atoms with Gasteiger partial charge in [-0.3, -0.25) is 0 Å². The third-order valence-corrected chi connectivity index (χ3v) is 2.12. The molecule has 0 fully saturated rings. The van der Waals surface area contributed by atoms with Gasteiger partial charge in [0.15, 0.2) is 0 Å². The summed E-state index contributed by atoms with van der Waals surface area (Å²) in [5.74, 6) is 0. The molecular formula is C14H32O6.